The van der Waals surface area contributed by atoms with Crippen LogP contribution in [0.1, 0.15) is 31.7 Å². The van der Waals surface area contributed by atoms with Gasteiger partial charge in [-0.15, -0.1) is 0 Å². The summed E-state index contributed by atoms with van der Waals surface area (Å²) in [7, 11) is -3.50. The molecule has 1 aromatic carbocycles. The monoisotopic (exact) mass is 487 g/mol. The van der Waals surface area contributed by atoms with Gasteiger partial charge in [-0.05, 0) is 30.4 Å². The molecule has 0 radical (unpaired) electrons. The number of alkyl halides is 3. The first-order valence-corrected chi connectivity index (χ1v) is 12.4. The van der Waals surface area contributed by atoms with E-state index < -0.39 is 21.9 Å². The second-order valence-corrected chi connectivity index (χ2v) is 11.0. The van der Waals surface area contributed by atoms with Gasteiger partial charge in [-0.25, -0.2) is 0 Å². The number of hydrogen-bond acceptors (Lipinski definition) is 6. The minimum atomic E-state index is -4.45. The highest BCUT2D eigenvalue weighted by Crippen LogP contribution is 2.31. The van der Waals surface area contributed by atoms with E-state index in [2.05, 4.69) is 24.0 Å². The smallest absolute Gasteiger partial charge is 0.338 e. The molecule has 1 aromatic heterocycles. The van der Waals surface area contributed by atoms with Crippen LogP contribution in [0.4, 0.5) is 13.2 Å². The highest BCUT2D eigenvalue weighted by molar-refractivity contribution is 7.86. The van der Waals surface area contributed by atoms with Crippen molar-refractivity contribution in [1.82, 2.24) is 23.7 Å². The highest BCUT2D eigenvalue weighted by Gasteiger charge is 2.36. The molecule has 0 amide bonds. The molecule has 0 bridgehead atoms. The van der Waals surface area contributed by atoms with Gasteiger partial charge in [0, 0.05) is 44.8 Å². The zero-order valence-electron chi connectivity index (χ0n) is 18.6. The third kappa shape index (κ3) is 5.56. The van der Waals surface area contributed by atoms with E-state index in [9.17, 15) is 21.6 Å². The lowest BCUT2D eigenvalue weighted by atomic mass is 9.94. The molecule has 0 N–H and O–H groups in total. The molecule has 33 heavy (non-hydrogen) atoms. The zero-order chi connectivity index (χ0) is 23.8. The van der Waals surface area contributed by atoms with E-state index in [-0.39, 0.29) is 17.3 Å². The summed E-state index contributed by atoms with van der Waals surface area (Å²) < 4.78 is 73.3. The Kier molecular flexibility index (Phi) is 6.81. The first-order chi connectivity index (χ1) is 15.5. The summed E-state index contributed by atoms with van der Waals surface area (Å²) in [6, 6.07) is 4.78. The van der Waals surface area contributed by atoms with Crippen LogP contribution < -0.4 is 0 Å². The summed E-state index contributed by atoms with van der Waals surface area (Å²) in [4.78, 5) is 6.23. The second kappa shape index (κ2) is 9.32. The summed E-state index contributed by atoms with van der Waals surface area (Å²) in [5, 5.41) is 3.81. The summed E-state index contributed by atoms with van der Waals surface area (Å²) in [5.41, 5.74) is -0.554. The summed E-state index contributed by atoms with van der Waals surface area (Å²) >= 11 is 0. The lowest BCUT2D eigenvalue weighted by Crippen LogP contribution is -2.55. The Balaban J connectivity index is 1.35. The SMILES string of the molecule is CC1CC(C)CN(S(=O)(=O)N2CCN(Cc3nc(-c4cccc(C(F)(F)F)c4)no3)CC2)C1. The maximum absolute atomic E-state index is 13.1. The predicted molar refractivity (Wildman–Crippen MR) is 115 cm³/mol. The Labute approximate surface area is 191 Å². The van der Waals surface area contributed by atoms with Crippen LogP contribution in [-0.2, 0) is 22.9 Å². The van der Waals surface area contributed by atoms with Crippen LogP contribution >= 0.6 is 0 Å². The zero-order valence-corrected chi connectivity index (χ0v) is 19.4. The van der Waals surface area contributed by atoms with Crippen LogP contribution in [0.2, 0.25) is 0 Å². The van der Waals surface area contributed by atoms with Gasteiger partial charge in [0.15, 0.2) is 0 Å². The Bertz CT molecular complexity index is 1060. The molecule has 2 atom stereocenters. The maximum Gasteiger partial charge on any atom is 0.416 e. The summed E-state index contributed by atoms with van der Waals surface area (Å²) in [6.07, 6.45) is -3.42. The fourth-order valence-corrected chi connectivity index (χ4v) is 6.38. The molecule has 2 unspecified atom stereocenters. The second-order valence-electron chi connectivity index (χ2n) is 9.04. The Morgan fingerprint density at radius 1 is 1.06 bits per heavy atom. The lowest BCUT2D eigenvalue weighted by molar-refractivity contribution is -0.137. The van der Waals surface area contributed by atoms with Gasteiger partial charge in [-0.3, -0.25) is 4.90 Å². The number of hydrogen-bond donors (Lipinski definition) is 0. The average molecular weight is 488 g/mol. The van der Waals surface area contributed by atoms with E-state index in [4.69, 9.17) is 4.52 Å². The van der Waals surface area contributed by atoms with E-state index in [0.29, 0.717) is 57.6 Å². The van der Waals surface area contributed by atoms with Crippen LogP contribution in [-0.4, -0.2) is 71.3 Å². The Hall–Kier alpha value is -2.02. The first-order valence-electron chi connectivity index (χ1n) is 11.0. The van der Waals surface area contributed by atoms with Gasteiger partial charge in [0.05, 0.1) is 12.1 Å². The fourth-order valence-electron chi connectivity index (χ4n) is 4.54. The van der Waals surface area contributed by atoms with Gasteiger partial charge in [-0.1, -0.05) is 31.1 Å². The largest absolute Gasteiger partial charge is 0.416 e. The van der Waals surface area contributed by atoms with Crippen molar-refractivity contribution >= 4 is 10.2 Å². The molecule has 8 nitrogen and oxygen atoms in total. The van der Waals surface area contributed by atoms with Crippen molar-refractivity contribution in [2.75, 3.05) is 39.3 Å². The predicted octanol–water partition coefficient (Wildman–Crippen LogP) is 3.10. The molecular formula is C21H28F3N5O3S. The summed E-state index contributed by atoms with van der Waals surface area (Å²) in [6.45, 7) is 7.27. The normalized spacial score (nSPS) is 24.3. The number of rotatable bonds is 5. The minimum absolute atomic E-state index is 0.0886. The van der Waals surface area contributed by atoms with Gasteiger partial charge in [0.25, 0.3) is 10.2 Å². The van der Waals surface area contributed by atoms with Gasteiger partial charge >= 0.3 is 6.18 Å². The topological polar surface area (TPSA) is 82.8 Å². The van der Waals surface area contributed by atoms with E-state index in [1.807, 2.05) is 4.90 Å². The highest BCUT2D eigenvalue weighted by atomic mass is 32.2. The lowest BCUT2D eigenvalue weighted by Gasteiger charge is -2.40. The molecule has 2 aliphatic rings. The molecule has 0 saturated carbocycles. The van der Waals surface area contributed by atoms with E-state index in [0.717, 1.165) is 18.6 Å². The quantitative estimate of drug-likeness (QED) is 0.645. The van der Waals surface area contributed by atoms with Crippen LogP contribution in [0.25, 0.3) is 11.4 Å². The van der Waals surface area contributed by atoms with Crippen LogP contribution in [0, 0.1) is 11.8 Å². The third-order valence-electron chi connectivity index (χ3n) is 6.09. The molecule has 2 saturated heterocycles. The van der Waals surface area contributed by atoms with Crippen molar-refractivity contribution in [2.45, 2.75) is 33.0 Å². The Morgan fingerprint density at radius 2 is 1.73 bits per heavy atom. The van der Waals surface area contributed by atoms with E-state index in [1.165, 1.54) is 16.4 Å². The number of halogens is 3. The molecule has 3 heterocycles. The number of benzene rings is 1. The van der Waals surface area contributed by atoms with Crippen molar-refractivity contribution in [3.63, 3.8) is 0 Å². The number of aromatic nitrogens is 2. The van der Waals surface area contributed by atoms with Crippen molar-refractivity contribution < 1.29 is 26.1 Å². The molecule has 2 fully saturated rings. The van der Waals surface area contributed by atoms with Gasteiger partial charge in [0.1, 0.15) is 0 Å². The van der Waals surface area contributed by atoms with E-state index >= 15 is 0 Å². The summed E-state index contributed by atoms with van der Waals surface area (Å²) in [5.74, 6) is 1.05. The molecule has 0 aliphatic carbocycles. The van der Waals surface area contributed by atoms with Gasteiger partial charge < -0.3 is 4.52 Å². The standard InChI is InChI=1S/C21H28F3N5O3S/c1-15-10-16(2)13-29(12-15)33(30,31)28-8-6-27(7-9-28)14-19-25-20(26-32-19)17-4-3-5-18(11-17)21(22,23)24/h3-5,11,15-16H,6-10,12-14H2,1-2H3. The van der Waals surface area contributed by atoms with Crippen molar-refractivity contribution in [3.8, 4) is 11.4 Å². The molecule has 2 aromatic rings. The van der Waals surface area contributed by atoms with Gasteiger partial charge in [0.2, 0.25) is 11.7 Å². The molecule has 0 spiro atoms. The number of nitrogens with zero attached hydrogens (tertiary/aromatic N) is 5. The molecule has 4 rings (SSSR count). The van der Waals surface area contributed by atoms with Crippen molar-refractivity contribution in [1.29, 1.82) is 0 Å². The average Bonchev–Trinajstić information content (AvgIpc) is 3.21. The molecule has 182 valence electrons. The van der Waals surface area contributed by atoms with Crippen LogP contribution in [0.15, 0.2) is 28.8 Å². The maximum atomic E-state index is 13.1. The van der Waals surface area contributed by atoms with Crippen LogP contribution in [0.3, 0.4) is 0 Å². The number of piperidine rings is 1. The molecule has 12 heteroatoms. The Morgan fingerprint density at radius 3 is 2.36 bits per heavy atom. The van der Waals surface area contributed by atoms with Crippen molar-refractivity contribution in [2.24, 2.45) is 11.8 Å². The van der Waals surface area contributed by atoms with Crippen molar-refractivity contribution in [3.05, 3.63) is 35.7 Å². The van der Waals surface area contributed by atoms with E-state index in [1.54, 1.807) is 4.31 Å². The fraction of sp³-hybridized carbons (Fsp3) is 0.619. The minimum Gasteiger partial charge on any atom is -0.338 e. The third-order valence-corrected chi connectivity index (χ3v) is 8.06. The first kappa shape index (κ1) is 24.1. The molecule has 2 aliphatic heterocycles. The molecular weight excluding hydrogens is 459 g/mol. The van der Waals surface area contributed by atoms with Crippen LogP contribution in [0.5, 0.6) is 0 Å². The number of piperazine rings is 1. The van der Waals surface area contributed by atoms with Gasteiger partial charge in [-0.2, -0.15) is 35.2 Å².